The van der Waals surface area contributed by atoms with Crippen molar-refractivity contribution in [1.82, 2.24) is 5.32 Å². The van der Waals surface area contributed by atoms with Gasteiger partial charge in [0.2, 0.25) is 0 Å². The van der Waals surface area contributed by atoms with Crippen LogP contribution >= 0.6 is 23.2 Å². The molecule has 100 valence electrons. The molecule has 2 atom stereocenters. The lowest BCUT2D eigenvalue weighted by atomic mass is 9.96. The molecule has 1 aliphatic rings. The van der Waals surface area contributed by atoms with E-state index in [1.807, 2.05) is 0 Å². The van der Waals surface area contributed by atoms with Gasteiger partial charge in [0.1, 0.15) is 5.75 Å². The smallest absolute Gasteiger partial charge is 0.122 e. The Hall–Kier alpha value is -0.440. The van der Waals surface area contributed by atoms with Gasteiger partial charge in [0.15, 0.2) is 0 Å². The highest BCUT2D eigenvalue weighted by Gasteiger charge is 2.17. The van der Waals surface area contributed by atoms with Gasteiger partial charge in [0.25, 0.3) is 0 Å². The molecule has 0 radical (unpaired) electrons. The molecule has 0 amide bonds. The third-order valence-electron chi connectivity index (χ3n) is 3.27. The minimum Gasteiger partial charge on any atom is -0.493 e. The maximum absolute atomic E-state index is 5.93. The van der Waals surface area contributed by atoms with Crippen LogP contribution in [-0.2, 0) is 0 Å². The first kappa shape index (κ1) is 14.0. The van der Waals surface area contributed by atoms with Crippen molar-refractivity contribution in [2.45, 2.75) is 19.8 Å². The standard InChI is InChI=1S/C14H19Cl2NO/c1-10(4-11-2-3-17-8-11)9-18-14-6-12(15)5-13(16)7-14/h5-7,10-11,17H,2-4,8-9H2,1H3. The zero-order valence-electron chi connectivity index (χ0n) is 10.6. The normalized spacial score (nSPS) is 20.9. The number of benzene rings is 1. The number of nitrogens with one attached hydrogen (secondary N) is 1. The van der Waals surface area contributed by atoms with Crippen LogP contribution in [0, 0.1) is 11.8 Å². The Morgan fingerprint density at radius 2 is 2.06 bits per heavy atom. The summed E-state index contributed by atoms with van der Waals surface area (Å²) < 4.78 is 5.75. The average molecular weight is 288 g/mol. The summed E-state index contributed by atoms with van der Waals surface area (Å²) in [5, 5.41) is 4.62. The Morgan fingerprint density at radius 1 is 1.33 bits per heavy atom. The Labute approximate surface area is 119 Å². The lowest BCUT2D eigenvalue weighted by molar-refractivity contribution is 0.235. The summed E-state index contributed by atoms with van der Waals surface area (Å²) in [6.07, 6.45) is 2.49. The van der Waals surface area contributed by atoms with Gasteiger partial charge < -0.3 is 10.1 Å². The molecule has 0 bridgehead atoms. The molecule has 18 heavy (non-hydrogen) atoms. The molecule has 0 aliphatic carbocycles. The van der Waals surface area contributed by atoms with Crippen LogP contribution in [0.2, 0.25) is 10.0 Å². The molecule has 0 aromatic heterocycles. The Balaban J connectivity index is 1.79. The highest BCUT2D eigenvalue weighted by atomic mass is 35.5. The maximum atomic E-state index is 5.93. The molecule has 0 saturated carbocycles. The molecule has 1 aromatic rings. The average Bonchev–Trinajstić information content (AvgIpc) is 2.78. The second kappa shape index (κ2) is 6.65. The number of halogens is 2. The first-order chi connectivity index (χ1) is 8.63. The zero-order valence-corrected chi connectivity index (χ0v) is 12.1. The predicted octanol–water partition coefficient (Wildman–Crippen LogP) is 4.01. The summed E-state index contributed by atoms with van der Waals surface area (Å²) in [4.78, 5) is 0. The summed E-state index contributed by atoms with van der Waals surface area (Å²) in [6, 6.07) is 5.32. The van der Waals surface area contributed by atoms with E-state index < -0.39 is 0 Å². The fourth-order valence-electron chi connectivity index (χ4n) is 2.40. The van der Waals surface area contributed by atoms with E-state index in [0.29, 0.717) is 22.6 Å². The van der Waals surface area contributed by atoms with Crippen LogP contribution in [0.25, 0.3) is 0 Å². The van der Waals surface area contributed by atoms with E-state index in [-0.39, 0.29) is 0 Å². The first-order valence-corrected chi connectivity index (χ1v) is 7.18. The monoisotopic (exact) mass is 287 g/mol. The quantitative estimate of drug-likeness (QED) is 0.884. The predicted molar refractivity (Wildman–Crippen MR) is 76.7 cm³/mol. The second-order valence-corrected chi connectivity index (χ2v) is 5.99. The largest absolute Gasteiger partial charge is 0.493 e. The van der Waals surface area contributed by atoms with E-state index in [9.17, 15) is 0 Å². The highest BCUT2D eigenvalue weighted by Crippen LogP contribution is 2.25. The van der Waals surface area contributed by atoms with Crippen LogP contribution in [0.4, 0.5) is 0 Å². The lowest BCUT2D eigenvalue weighted by Crippen LogP contribution is -2.15. The number of ether oxygens (including phenoxy) is 1. The van der Waals surface area contributed by atoms with Crippen molar-refractivity contribution in [2.24, 2.45) is 11.8 Å². The van der Waals surface area contributed by atoms with Gasteiger partial charge in [0, 0.05) is 10.0 Å². The molecule has 0 spiro atoms. The maximum Gasteiger partial charge on any atom is 0.122 e. The van der Waals surface area contributed by atoms with E-state index in [2.05, 4.69) is 12.2 Å². The number of rotatable bonds is 5. The SMILES string of the molecule is CC(COc1cc(Cl)cc(Cl)c1)CC1CCNC1. The van der Waals surface area contributed by atoms with E-state index in [4.69, 9.17) is 27.9 Å². The second-order valence-electron chi connectivity index (χ2n) is 5.12. The highest BCUT2D eigenvalue weighted by molar-refractivity contribution is 6.34. The van der Waals surface area contributed by atoms with Crippen molar-refractivity contribution < 1.29 is 4.74 Å². The van der Waals surface area contributed by atoms with Gasteiger partial charge >= 0.3 is 0 Å². The Kier molecular flexibility index (Phi) is 5.16. The molecule has 2 rings (SSSR count). The van der Waals surface area contributed by atoms with Crippen molar-refractivity contribution in [3.8, 4) is 5.75 Å². The van der Waals surface area contributed by atoms with E-state index in [1.165, 1.54) is 12.8 Å². The van der Waals surface area contributed by atoms with Gasteiger partial charge in [-0.15, -0.1) is 0 Å². The van der Waals surface area contributed by atoms with Crippen molar-refractivity contribution in [2.75, 3.05) is 19.7 Å². The molecule has 1 fully saturated rings. The van der Waals surface area contributed by atoms with Crippen LogP contribution in [-0.4, -0.2) is 19.7 Å². The molecular formula is C14H19Cl2NO. The first-order valence-electron chi connectivity index (χ1n) is 6.43. The Morgan fingerprint density at radius 3 is 2.67 bits per heavy atom. The molecule has 2 unspecified atom stereocenters. The molecule has 1 aliphatic heterocycles. The van der Waals surface area contributed by atoms with Gasteiger partial charge in [0.05, 0.1) is 6.61 Å². The minimum absolute atomic E-state index is 0.549. The summed E-state index contributed by atoms with van der Waals surface area (Å²) in [5.41, 5.74) is 0. The summed E-state index contributed by atoms with van der Waals surface area (Å²) >= 11 is 11.9. The third kappa shape index (κ3) is 4.34. The zero-order chi connectivity index (χ0) is 13.0. The van der Waals surface area contributed by atoms with Gasteiger partial charge in [-0.3, -0.25) is 0 Å². The van der Waals surface area contributed by atoms with Crippen LogP contribution in [0.15, 0.2) is 18.2 Å². The fourth-order valence-corrected chi connectivity index (χ4v) is 2.91. The molecular weight excluding hydrogens is 269 g/mol. The van der Waals surface area contributed by atoms with Gasteiger partial charge in [-0.1, -0.05) is 30.1 Å². The molecule has 1 heterocycles. The molecule has 4 heteroatoms. The molecule has 1 aromatic carbocycles. The van der Waals surface area contributed by atoms with Crippen LogP contribution in [0.3, 0.4) is 0 Å². The van der Waals surface area contributed by atoms with Crippen molar-refractivity contribution in [1.29, 1.82) is 0 Å². The van der Waals surface area contributed by atoms with Gasteiger partial charge in [-0.05, 0) is 56.0 Å². The molecule has 2 nitrogen and oxygen atoms in total. The van der Waals surface area contributed by atoms with Gasteiger partial charge in [-0.25, -0.2) is 0 Å². The summed E-state index contributed by atoms with van der Waals surface area (Å²) in [6.45, 7) is 5.24. The number of hydrogen-bond acceptors (Lipinski definition) is 2. The summed E-state index contributed by atoms with van der Waals surface area (Å²) in [5.74, 6) is 2.10. The topological polar surface area (TPSA) is 21.3 Å². The van der Waals surface area contributed by atoms with E-state index in [0.717, 1.165) is 24.8 Å². The Bertz CT molecular complexity index is 371. The van der Waals surface area contributed by atoms with Crippen LogP contribution < -0.4 is 10.1 Å². The summed E-state index contributed by atoms with van der Waals surface area (Å²) in [7, 11) is 0. The van der Waals surface area contributed by atoms with Crippen LogP contribution in [0.1, 0.15) is 19.8 Å². The lowest BCUT2D eigenvalue weighted by Gasteiger charge is -2.16. The molecule has 1 N–H and O–H groups in total. The minimum atomic E-state index is 0.549. The van der Waals surface area contributed by atoms with Crippen molar-refractivity contribution in [3.63, 3.8) is 0 Å². The van der Waals surface area contributed by atoms with E-state index >= 15 is 0 Å². The third-order valence-corrected chi connectivity index (χ3v) is 3.71. The van der Waals surface area contributed by atoms with Gasteiger partial charge in [-0.2, -0.15) is 0 Å². The van der Waals surface area contributed by atoms with Crippen LogP contribution in [0.5, 0.6) is 5.75 Å². The fraction of sp³-hybridized carbons (Fsp3) is 0.571. The number of hydrogen-bond donors (Lipinski definition) is 1. The van der Waals surface area contributed by atoms with Crippen molar-refractivity contribution in [3.05, 3.63) is 28.2 Å². The van der Waals surface area contributed by atoms with Crippen molar-refractivity contribution >= 4 is 23.2 Å². The van der Waals surface area contributed by atoms with E-state index in [1.54, 1.807) is 18.2 Å². The molecule has 1 saturated heterocycles.